The number of benzene rings is 1. The van der Waals surface area contributed by atoms with Crippen molar-refractivity contribution < 1.29 is 47.6 Å². The van der Waals surface area contributed by atoms with E-state index in [0.717, 1.165) is 0 Å². The maximum Gasteiger partial charge on any atom is 0.341 e. The summed E-state index contributed by atoms with van der Waals surface area (Å²) in [6.07, 6.45) is -6.03. The topological polar surface area (TPSA) is 115 Å². The van der Waals surface area contributed by atoms with Crippen LogP contribution >= 0.6 is 0 Å². The first-order valence-corrected chi connectivity index (χ1v) is 5.26. The fourth-order valence-corrected chi connectivity index (χ4v) is 1.58. The molecule has 21 heavy (non-hydrogen) atoms. The Labute approximate surface area is 113 Å². The van der Waals surface area contributed by atoms with E-state index in [1.807, 2.05) is 0 Å². The molecule has 0 spiro atoms. The van der Waals surface area contributed by atoms with E-state index in [1.165, 1.54) is 0 Å². The third kappa shape index (κ3) is 3.11. The highest BCUT2D eigenvalue weighted by Crippen LogP contribution is 2.30. The predicted octanol–water partition coefficient (Wildman–Crippen LogP) is 0.810. The van der Waals surface area contributed by atoms with Crippen LogP contribution in [0.2, 0.25) is 0 Å². The molecule has 0 fully saturated rings. The molecule has 1 aromatic rings. The molecular weight excluding hydrogens is 304 g/mol. The van der Waals surface area contributed by atoms with Crippen LogP contribution in [0.3, 0.4) is 0 Å². The molecule has 0 saturated heterocycles. The van der Waals surface area contributed by atoms with Crippen LogP contribution in [-0.2, 0) is 4.79 Å². The predicted molar refractivity (Wildman–Crippen MR) is 56.5 cm³/mol. The van der Waals surface area contributed by atoms with Crippen LogP contribution in [0.25, 0.3) is 0 Å². The molecule has 2 unspecified atom stereocenters. The number of hydrogen-bond acceptors (Lipinski definition) is 4. The lowest BCUT2D eigenvalue weighted by molar-refractivity contribution is -0.141. The molecule has 6 nitrogen and oxygen atoms in total. The maximum absolute atomic E-state index is 13.5. The minimum atomic E-state index is -2.60. The molecule has 0 aliphatic rings. The zero-order chi connectivity index (χ0) is 16.5. The maximum atomic E-state index is 13.5. The van der Waals surface area contributed by atoms with Crippen LogP contribution in [-0.4, -0.2) is 38.5 Å². The van der Waals surface area contributed by atoms with Gasteiger partial charge in [-0.15, -0.1) is 0 Å². The van der Waals surface area contributed by atoms with E-state index < -0.39 is 65.0 Å². The Kier molecular flexibility index (Phi) is 4.86. The van der Waals surface area contributed by atoms with Crippen molar-refractivity contribution in [3.05, 3.63) is 34.4 Å². The molecular formula is C11H8F4O6. The van der Waals surface area contributed by atoms with Gasteiger partial charge in [0, 0.05) is 0 Å². The van der Waals surface area contributed by atoms with Gasteiger partial charge in [0.05, 0.1) is 18.1 Å². The second-order valence-corrected chi connectivity index (χ2v) is 3.96. The van der Waals surface area contributed by atoms with E-state index in [4.69, 9.17) is 10.2 Å². The Balaban J connectivity index is 3.45. The van der Waals surface area contributed by atoms with E-state index in [0.29, 0.717) is 0 Å². The van der Waals surface area contributed by atoms with Crippen molar-refractivity contribution >= 4 is 11.9 Å². The Morgan fingerprint density at radius 3 is 1.67 bits per heavy atom. The van der Waals surface area contributed by atoms with Crippen LogP contribution < -0.4 is 0 Å². The van der Waals surface area contributed by atoms with Gasteiger partial charge in [-0.05, 0) is 0 Å². The molecule has 0 aliphatic heterocycles. The standard InChI is InChI=1S/C11H8F4O6/c12-6-4(10(19)2(16)1-3(17)18)7(13)9(15)5(8(6)14)11(20)21/h2,10,16,19H,1H2,(H,17,18)(H,20,21). The molecule has 2 atom stereocenters. The lowest BCUT2D eigenvalue weighted by atomic mass is 9.98. The summed E-state index contributed by atoms with van der Waals surface area (Å²) in [5, 5.41) is 35.4. The Bertz CT molecular complexity index is 574. The van der Waals surface area contributed by atoms with Crippen molar-refractivity contribution in [2.45, 2.75) is 18.6 Å². The van der Waals surface area contributed by atoms with Crippen molar-refractivity contribution in [2.24, 2.45) is 0 Å². The summed E-state index contributed by atoms with van der Waals surface area (Å²) in [4.78, 5) is 20.8. The van der Waals surface area contributed by atoms with Gasteiger partial charge in [0.15, 0.2) is 23.3 Å². The number of carboxylic acid groups (broad SMARTS) is 2. The second-order valence-electron chi connectivity index (χ2n) is 3.96. The molecule has 0 amide bonds. The molecule has 116 valence electrons. The summed E-state index contributed by atoms with van der Waals surface area (Å²) >= 11 is 0. The number of aromatic carboxylic acids is 1. The van der Waals surface area contributed by atoms with E-state index in [9.17, 15) is 37.4 Å². The van der Waals surface area contributed by atoms with Crippen LogP contribution in [0, 0.1) is 23.3 Å². The van der Waals surface area contributed by atoms with Crippen molar-refractivity contribution in [3.63, 3.8) is 0 Å². The van der Waals surface area contributed by atoms with Crippen LogP contribution in [0.4, 0.5) is 17.6 Å². The summed E-state index contributed by atoms with van der Waals surface area (Å²) in [5.74, 6) is -13.0. The molecule has 0 radical (unpaired) electrons. The lowest BCUT2D eigenvalue weighted by Gasteiger charge is -2.19. The monoisotopic (exact) mass is 312 g/mol. The van der Waals surface area contributed by atoms with Gasteiger partial charge in [-0.25, -0.2) is 22.4 Å². The number of aliphatic hydroxyl groups is 2. The van der Waals surface area contributed by atoms with E-state index in [-0.39, 0.29) is 0 Å². The first kappa shape index (κ1) is 16.9. The molecule has 0 bridgehead atoms. The van der Waals surface area contributed by atoms with E-state index >= 15 is 0 Å². The average Bonchev–Trinajstić information content (AvgIpc) is 2.35. The molecule has 0 aromatic heterocycles. The van der Waals surface area contributed by atoms with Gasteiger partial charge in [0.25, 0.3) is 0 Å². The average molecular weight is 312 g/mol. The summed E-state index contributed by atoms with van der Waals surface area (Å²) in [5.41, 5.74) is -3.60. The van der Waals surface area contributed by atoms with Crippen molar-refractivity contribution in [2.75, 3.05) is 0 Å². The highest BCUT2D eigenvalue weighted by molar-refractivity contribution is 5.88. The molecule has 0 saturated carbocycles. The zero-order valence-electron chi connectivity index (χ0n) is 9.98. The van der Waals surface area contributed by atoms with Gasteiger partial charge >= 0.3 is 11.9 Å². The third-order valence-electron chi connectivity index (χ3n) is 2.56. The van der Waals surface area contributed by atoms with Crippen LogP contribution in [0.1, 0.15) is 28.4 Å². The van der Waals surface area contributed by atoms with Gasteiger partial charge in [0.1, 0.15) is 11.7 Å². The minimum absolute atomic E-state index is 1.16. The lowest BCUT2D eigenvalue weighted by Crippen LogP contribution is -2.25. The summed E-state index contributed by atoms with van der Waals surface area (Å²) in [6, 6.07) is 0. The number of halogens is 4. The molecule has 0 heterocycles. The highest BCUT2D eigenvalue weighted by Gasteiger charge is 2.35. The first-order valence-electron chi connectivity index (χ1n) is 5.26. The minimum Gasteiger partial charge on any atom is -0.481 e. The summed E-state index contributed by atoms with van der Waals surface area (Å²) in [6.45, 7) is 0. The number of carboxylic acids is 2. The van der Waals surface area contributed by atoms with Gasteiger partial charge in [-0.3, -0.25) is 4.79 Å². The van der Waals surface area contributed by atoms with Crippen molar-refractivity contribution in [1.29, 1.82) is 0 Å². The molecule has 4 N–H and O–H groups in total. The third-order valence-corrected chi connectivity index (χ3v) is 2.56. The Morgan fingerprint density at radius 2 is 1.33 bits per heavy atom. The smallest absolute Gasteiger partial charge is 0.341 e. The number of aliphatic carboxylic acids is 1. The number of rotatable bonds is 5. The van der Waals surface area contributed by atoms with E-state index in [1.54, 1.807) is 0 Å². The number of hydrogen-bond donors (Lipinski definition) is 4. The largest absolute Gasteiger partial charge is 0.481 e. The molecule has 1 rings (SSSR count). The van der Waals surface area contributed by atoms with Crippen molar-refractivity contribution in [1.82, 2.24) is 0 Å². The number of carbonyl (C=O) groups is 2. The van der Waals surface area contributed by atoms with Gasteiger partial charge in [-0.2, -0.15) is 0 Å². The summed E-state index contributed by atoms with van der Waals surface area (Å²) in [7, 11) is 0. The van der Waals surface area contributed by atoms with Crippen molar-refractivity contribution in [3.8, 4) is 0 Å². The molecule has 10 heteroatoms. The Hall–Kier alpha value is -2.20. The number of aliphatic hydroxyl groups excluding tert-OH is 2. The van der Waals surface area contributed by atoms with Gasteiger partial charge < -0.3 is 20.4 Å². The second kappa shape index (κ2) is 6.06. The highest BCUT2D eigenvalue weighted by atomic mass is 19.2. The van der Waals surface area contributed by atoms with Crippen LogP contribution in [0.5, 0.6) is 0 Å². The first-order chi connectivity index (χ1) is 9.59. The van der Waals surface area contributed by atoms with Crippen LogP contribution in [0.15, 0.2) is 0 Å². The fourth-order valence-electron chi connectivity index (χ4n) is 1.58. The quantitative estimate of drug-likeness (QED) is 0.472. The zero-order valence-corrected chi connectivity index (χ0v) is 9.98. The fraction of sp³-hybridized carbons (Fsp3) is 0.273. The SMILES string of the molecule is O=C(O)CC(O)C(O)c1c(F)c(F)c(C(=O)O)c(F)c1F. The molecule has 0 aliphatic carbocycles. The van der Waals surface area contributed by atoms with E-state index in [2.05, 4.69) is 0 Å². The van der Waals surface area contributed by atoms with Gasteiger partial charge in [-0.1, -0.05) is 0 Å². The summed E-state index contributed by atoms with van der Waals surface area (Å²) < 4.78 is 53.8. The Morgan fingerprint density at radius 1 is 0.905 bits per heavy atom. The van der Waals surface area contributed by atoms with Gasteiger partial charge in [0.2, 0.25) is 0 Å². The molecule has 1 aromatic carbocycles. The normalized spacial score (nSPS) is 13.8.